The Kier molecular flexibility index (Phi) is 3.72. The molecular formula is C13H14NO2P. The topological polar surface area (TPSA) is 39.2 Å². The van der Waals surface area contributed by atoms with Gasteiger partial charge in [-0.25, -0.2) is 0 Å². The molecule has 0 N–H and O–H groups in total. The second-order valence-corrected chi connectivity index (χ2v) is 5.83. The third-order valence-electron chi connectivity index (χ3n) is 2.36. The molecule has 1 unspecified atom stereocenters. The van der Waals surface area contributed by atoms with Crippen LogP contribution in [-0.4, -0.2) is 11.6 Å². The first-order valence-corrected chi connectivity index (χ1v) is 7.11. The molecule has 1 atom stereocenters. The van der Waals surface area contributed by atoms with Crippen LogP contribution in [0.5, 0.6) is 0 Å². The highest BCUT2D eigenvalue weighted by Crippen LogP contribution is 2.43. The van der Waals surface area contributed by atoms with Crippen LogP contribution < -0.4 is 10.7 Å². The molecule has 0 spiro atoms. The van der Waals surface area contributed by atoms with Crippen LogP contribution >= 0.6 is 7.37 Å². The van der Waals surface area contributed by atoms with E-state index in [1.807, 2.05) is 43.3 Å². The Labute approximate surface area is 101 Å². The molecule has 1 heterocycles. The van der Waals surface area contributed by atoms with Gasteiger partial charge < -0.3 is 4.52 Å². The van der Waals surface area contributed by atoms with Crippen LogP contribution in [-0.2, 0) is 9.09 Å². The van der Waals surface area contributed by atoms with Crippen LogP contribution in [0.1, 0.15) is 6.92 Å². The molecule has 3 nitrogen and oxygen atoms in total. The van der Waals surface area contributed by atoms with Crippen LogP contribution in [0.4, 0.5) is 0 Å². The molecule has 0 bridgehead atoms. The van der Waals surface area contributed by atoms with Crippen molar-refractivity contribution < 1.29 is 9.09 Å². The van der Waals surface area contributed by atoms with Gasteiger partial charge in [-0.15, -0.1) is 0 Å². The lowest BCUT2D eigenvalue weighted by molar-refractivity contribution is 0.347. The van der Waals surface area contributed by atoms with Gasteiger partial charge in [0.25, 0.3) is 7.37 Å². The van der Waals surface area contributed by atoms with Gasteiger partial charge in [0.2, 0.25) is 0 Å². The van der Waals surface area contributed by atoms with Crippen molar-refractivity contribution in [3.8, 4) is 0 Å². The summed E-state index contributed by atoms with van der Waals surface area (Å²) in [5.74, 6) is 0. The van der Waals surface area contributed by atoms with E-state index in [0.29, 0.717) is 17.3 Å². The molecule has 88 valence electrons. The summed E-state index contributed by atoms with van der Waals surface area (Å²) in [5, 5.41) is 0.681. The molecule has 0 saturated heterocycles. The second-order valence-electron chi connectivity index (χ2n) is 3.49. The van der Waals surface area contributed by atoms with Crippen molar-refractivity contribution in [2.75, 3.05) is 6.61 Å². The SMILES string of the molecule is CCOP(=O)(c1ccccc1)c1ccccn1. The number of pyridine rings is 1. The molecule has 0 fully saturated rings. The van der Waals surface area contributed by atoms with Crippen LogP contribution in [0.15, 0.2) is 54.7 Å². The Bertz CT molecular complexity index is 470. The average molecular weight is 247 g/mol. The number of nitrogens with zero attached hydrogens (tertiary/aromatic N) is 1. The zero-order valence-corrected chi connectivity index (χ0v) is 10.5. The lowest BCUT2D eigenvalue weighted by Gasteiger charge is -2.17. The Hall–Kier alpha value is -1.44. The van der Waals surface area contributed by atoms with Crippen LogP contribution in [0.25, 0.3) is 0 Å². The van der Waals surface area contributed by atoms with E-state index in [2.05, 4.69) is 4.98 Å². The average Bonchev–Trinajstić information content (AvgIpc) is 2.41. The first-order valence-electron chi connectivity index (χ1n) is 5.49. The molecule has 0 amide bonds. The Morgan fingerprint density at radius 1 is 1.12 bits per heavy atom. The summed E-state index contributed by atoms with van der Waals surface area (Å²) in [5.41, 5.74) is 0.494. The lowest BCUT2D eigenvalue weighted by atomic mass is 10.4. The zero-order valence-electron chi connectivity index (χ0n) is 9.61. The Balaban J connectivity index is 2.51. The highest BCUT2D eigenvalue weighted by atomic mass is 31.2. The largest absolute Gasteiger partial charge is 0.321 e. The summed E-state index contributed by atoms with van der Waals surface area (Å²) in [7, 11) is -3.04. The molecule has 0 saturated carbocycles. The molecule has 0 aliphatic rings. The van der Waals surface area contributed by atoms with Crippen molar-refractivity contribution in [2.24, 2.45) is 0 Å². The van der Waals surface area contributed by atoms with E-state index >= 15 is 0 Å². The van der Waals surface area contributed by atoms with Gasteiger partial charge in [0.05, 0.1) is 6.61 Å². The van der Waals surface area contributed by atoms with Crippen molar-refractivity contribution in [3.05, 3.63) is 54.7 Å². The van der Waals surface area contributed by atoms with Crippen molar-refractivity contribution in [2.45, 2.75) is 6.92 Å². The number of hydrogen-bond donors (Lipinski definition) is 0. The Morgan fingerprint density at radius 2 is 1.82 bits per heavy atom. The van der Waals surface area contributed by atoms with Crippen molar-refractivity contribution in [1.82, 2.24) is 4.98 Å². The third kappa shape index (κ3) is 2.46. The van der Waals surface area contributed by atoms with Gasteiger partial charge in [0.15, 0.2) is 0 Å². The van der Waals surface area contributed by atoms with E-state index in [1.165, 1.54) is 0 Å². The summed E-state index contributed by atoms with van der Waals surface area (Å²) in [6.45, 7) is 2.22. The summed E-state index contributed by atoms with van der Waals surface area (Å²) in [6.07, 6.45) is 1.63. The monoisotopic (exact) mass is 247 g/mol. The quantitative estimate of drug-likeness (QED) is 0.778. The zero-order chi connectivity index (χ0) is 12.1. The number of rotatable bonds is 4. The third-order valence-corrected chi connectivity index (χ3v) is 4.83. The standard InChI is InChI=1S/C13H14NO2P/c1-2-16-17(15,12-8-4-3-5-9-12)13-10-6-7-11-14-13/h3-11H,2H2,1H3. The molecule has 0 radical (unpaired) electrons. The maximum absolute atomic E-state index is 12.9. The first-order chi connectivity index (χ1) is 8.27. The molecular weight excluding hydrogens is 233 g/mol. The summed E-state index contributed by atoms with van der Waals surface area (Å²) < 4.78 is 18.4. The van der Waals surface area contributed by atoms with E-state index in [4.69, 9.17) is 4.52 Å². The summed E-state index contributed by atoms with van der Waals surface area (Å²) >= 11 is 0. The molecule has 4 heteroatoms. The van der Waals surface area contributed by atoms with Crippen molar-refractivity contribution in [1.29, 1.82) is 0 Å². The molecule has 2 aromatic rings. The van der Waals surface area contributed by atoms with Crippen molar-refractivity contribution >= 4 is 18.1 Å². The molecule has 0 aliphatic carbocycles. The van der Waals surface area contributed by atoms with Gasteiger partial charge >= 0.3 is 0 Å². The molecule has 0 aliphatic heterocycles. The molecule has 1 aromatic carbocycles. The second kappa shape index (κ2) is 5.26. The maximum Gasteiger partial charge on any atom is 0.279 e. The van der Waals surface area contributed by atoms with Crippen molar-refractivity contribution in [3.63, 3.8) is 0 Å². The van der Waals surface area contributed by atoms with E-state index < -0.39 is 7.37 Å². The van der Waals surface area contributed by atoms with Crippen LogP contribution in [0, 0.1) is 0 Å². The fourth-order valence-corrected chi connectivity index (χ4v) is 3.58. The van der Waals surface area contributed by atoms with Crippen LogP contribution in [0.2, 0.25) is 0 Å². The van der Waals surface area contributed by atoms with Gasteiger partial charge in [0, 0.05) is 11.5 Å². The lowest BCUT2D eigenvalue weighted by Crippen LogP contribution is -2.20. The van der Waals surface area contributed by atoms with E-state index in [1.54, 1.807) is 18.3 Å². The fraction of sp³-hybridized carbons (Fsp3) is 0.154. The summed E-state index contributed by atoms with van der Waals surface area (Å²) in [6, 6.07) is 14.6. The van der Waals surface area contributed by atoms with E-state index in [0.717, 1.165) is 0 Å². The number of benzene rings is 1. The normalized spacial score (nSPS) is 14.2. The maximum atomic E-state index is 12.9. The minimum Gasteiger partial charge on any atom is -0.321 e. The highest BCUT2D eigenvalue weighted by Gasteiger charge is 2.29. The number of hydrogen-bond acceptors (Lipinski definition) is 3. The van der Waals surface area contributed by atoms with Gasteiger partial charge in [-0.1, -0.05) is 24.3 Å². The predicted molar refractivity (Wildman–Crippen MR) is 69.2 cm³/mol. The van der Waals surface area contributed by atoms with Crippen LogP contribution in [0.3, 0.4) is 0 Å². The number of aromatic nitrogens is 1. The smallest absolute Gasteiger partial charge is 0.279 e. The van der Waals surface area contributed by atoms with Gasteiger partial charge in [-0.2, -0.15) is 0 Å². The minimum absolute atomic E-state index is 0.392. The summed E-state index contributed by atoms with van der Waals surface area (Å²) in [4.78, 5) is 4.16. The molecule has 17 heavy (non-hydrogen) atoms. The molecule has 1 aromatic heterocycles. The van der Waals surface area contributed by atoms with E-state index in [-0.39, 0.29) is 0 Å². The predicted octanol–water partition coefficient (Wildman–Crippen LogP) is 2.35. The highest BCUT2D eigenvalue weighted by molar-refractivity contribution is 7.74. The Morgan fingerprint density at radius 3 is 2.41 bits per heavy atom. The van der Waals surface area contributed by atoms with Gasteiger partial charge in [-0.05, 0) is 31.2 Å². The van der Waals surface area contributed by atoms with E-state index in [9.17, 15) is 4.57 Å². The molecule has 2 rings (SSSR count). The van der Waals surface area contributed by atoms with Gasteiger partial charge in [-0.3, -0.25) is 9.55 Å². The van der Waals surface area contributed by atoms with Gasteiger partial charge in [0.1, 0.15) is 5.44 Å². The fourth-order valence-electron chi connectivity index (χ4n) is 1.61. The first kappa shape index (κ1) is 12.0. The minimum atomic E-state index is -3.04.